The van der Waals surface area contributed by atoms with Crippen LogP contribution in [0.4, 0.5) is 0 Å². The molecule has 0 aromatic heterocycles. The van der Waals surface area contributed by atoms with E-state index in [-0.39, 0.29) is 16.7 Å². The van der Waals surface area contributed by atoms with Gasteiger partial charge in [-0.25, -0.2) is 0 Å². The van der Waals surface area contributed by atoms with Gasteiger partial charge in [0, 0.05) is 24.2 Å². The summed E-state index contributed by atoms with van der Waals surface area (Å²) in [4.78, 5) is 26.2. The molecule has 7 atom stereocenters. The Kier molecular flexibility index (Phi) is 5.12. The number of hydrogen-bond donors (Lipinski definition) is 1. The molecule has 0 aromatic rings. The molecule has 0 aromatic carbocycles. The summed E-state index contributed by atoms with van der Waals surface area (Å²) in [5.74, 6) is 2.96. The molecular weight excluding hydrogens is 334 g/mol. The molecule has 4 aliphatic rings. The van der Waals surface area contributed by atoms with Crippen LogP contribution in [-0.4, -0.2) is 18.1 Å². The van der Waals surface area contributed by atoms with Gasteiger partial charge >= 0.3 is 0 Å². The Balaban J connectivity index is 1.64. The summed E-state index contributed by atoms with van der Waals surface area (Å²) in [6.07, 6.45) is 14.9. The molecule has 4 fully saturated rings. The van der Waals surface area contributed by atoms with Gasteiger partial charge in [-0.15, -0.1) is 0 Å². The van der Waals surface area contributed by atoms with Crippen molar-refractivity contribution in [2.75, 3.05) is 6.54 Å². The molecule has 0 aliphatic heterocycles. The Labute approximate surface area is 164 Å². The standard InChI is InChI=1S/C24H37NO2/c1-23-11-6-5-9-19(23)20(26)15-17-18(23)10-12-24(2)21(27)14-16(22(17)24)8-4-3-7-13-25/h4,8,16-19,22H,3,5-7,9-15,25H2,1-2H3/t16?,17-,18+,19-,22+,23-,24-/m1/s1. The van der Waals surface area contributed by atoms with Crippen LogP contribution >= 0.6 is 0 Å². The lowest BCUT2D eigenvalue weighted by Crippen LogP contribution is -2.56. The monoisotopic (exact) mass is 371 g/mol. The third kappa shape index (κ3) is 2.96. The van der Waals surface area contributed by atoms with Gasteiger partial charge in [0.1, 0.15) is 11.6 Å². The molecule has 0 saturated heterocycles. The molecule has 27 heavy (non-hydrogen) atoms. The summed E-state index contributed by atoms with van der Waals surface area (Å²) in [5, 5.41) is 0. The van der Waals surface area contributed by atoms with Gasteiger partial charge in [0.2, 0.25) is 0 Å². The van der Waals surface area contributed by atoms with E-state index < -0.39 is 0 Å². The van der Waals surface area contributed by atoms with Gasteiger partial charge in [-0.1, -0.05) is 38.8 Å². The largest absolute Gasteiger partial charge is 0.330 e. The van der Waals surface area contributed by atoms with Gasteiger partial charge in [0.15, 0.2) is 0 Å². The minimum atomic E-state index is -0.206. The van der Waals surface area contributed by atoms with Crippen molar-refractivity contribution in [2.45, 2.75) is 78.1 Å². The molecule has 0 bridgehead atoms. The van der Waals surface area contributed by atoms with E-state index in [2.05, 4.69) is 26.0 Å². The first kappa shape index (κ1) is 19.4. The second-order valence-corrected chi connectivity index (χ2v) is 10.4. The summed E-state index contributed by atoms with van der Waals surface area (Å²) in [6.45, 7) is 5.34. The molecule has 0 amide bonds. The van der Waals surface area contributed by atoms with E-state index in [1.807, 2.05) is 0 Å². The Bertz CT molecular complexity index is 640. The number of rotatable bonds is 4. The van der Waals surface area contributed by atoms with E-state index >= 15 is 0 Å². The van der Waals surface area contributed by atoms with Crippen molar-refractivity contribution in [3.63, 3.8) is 0 Å². The fraction of sp³-hybridized carbons (Fsp3) is 0.833. The summed E-state index contributed by atoms with van der Waals surface area (Å²) >= 11 is 0. The van der Waals surface area contributed by atoms with E-state index in [0.717, 1.165) is 38.5 Å². The summed E-state index contributed by atoms with van der Waals surface area (Å²) in [5.41, 5.74) is 5.60. The maximum Gasteiger partial charge on any atom is 0.139 e. The van der Waals surface area contributed by atoms with E-state index in [1.54, 1.807) is 0 Å². The van der Waals surface area contributed by atoms with Crippen LogP contribution < -0.4 is 5.73 Å². The van der Waals surface area contributed by atoms with Crippen LogP contribution in [0, 0.1) is 40.4 Å². The van der Waals surface area contributed by atoms with Gasteiger partial charge < -0.3 is 5.73 Å². The molecule has 150 valence electrons. The van der Waals surface area contributed by atoms with Crippen LogP contribution in [0.1, 0.15) is 78.1 Å². The maximum absolute atomic E-state index is 13.2. The van der Waals surface area contributed by atoms with Crippen molar-refractivity contribution < 1.29 is 9.59 Å². The Morgan fingerprint density at radius 2 is 1.93 bits per heavy atom. The fourth-order valence-electron chi connectivity index (χ4n) is 7.74. The lowest BCUT2D eigenvalue weighted by molar-refractivity contribution is -0.156. The van der Waals surface area contributed by atoms with Crippen molar-refractivity contribution >= 4 is 11.6 Å². The average molecular weight is 372 g/mol. The van der Waals surface area contributed by atoms with Crippen molar-refractivity contribution in [2.24, 2.45) is 46.2 Å². The molecule has 4 rings (SSSR count). The topological polar surface area (TPSA) is 60.2 Å². The van der Waals surface area contributed by atoms with Crippen LogP contribution in [0.3, 0.4) is 0 Å². The van der Waals surface area contributed by atoms with Gasteiger partial charge in [0.05, 0.1) is 0 Å². The third-order valence-electron chi connectivity index (χ3n) is 9.09. The second kappa shape index (κ2) is 7.13. The number of carbonyl (C=O) groups is 2. The first-order chi connectivity index (χ1) is 12.9. The number of hydrogen-bond acceptors (Lipinski definition) is 3. The molecule has 0 heterocycles. The smallest absolute Gasteiger partial charge is 0.139 e. The van der Waals surface area contributed by atoms with Crippen LogP contribution in [0.5, 0.6) is 0 Å². The van der Waals surface area contributed by atoms with E-state index in [4.69, 9.17) is 5.73 Å². The predicted molar refractivity (Wildman–Crippen MR) is 108 cm³/mol. The predicted octanol–water partition coefficient (Wildman–Crippen LogP) is 4.69. The molecule has 0 spiro atoms. The number of carbonyl (C=O) groups excluding carboxylic acids is 2. The minimum absolute atomic E-state index is 0.180. The normalized spacial score (nSPS) is 47.0. The number of fused-ring (bicyclic) bond motifs is 5. The van der Waals surface area contributed by atoms with Crippen molar-refractivity contribution in [3.8, 4) is 0 Å². The SMILES string of the molecule is C[C@]12CCCC[C@@H]1C(=O)C[C@@H]1[C@@H]2CC[C@]2(C)C(=O)CC(C=CCCCN)[C@@H]12. The lowest BCUT2D eigenvalue weighted by atomic mass is 9.44. The highest BCUT2D eigenvalue weighted by Gasteiger charge is 2.63. The first-order valence-corrected chi connectivity index (χ1v) is 11.3. The quantitative estimate of drug-likeness (QED) is 0.576. The number of nitrogens with two attached hydrogens (primary N) is 1. The molecule has 0 radical (unpaired) electrons. The molecule has 3 heteroatoms. The van der Waals surface area contributed by atoms with Crippen LogP contribution in [0.15, 0.2) is 12.2 Å². The first-order valence-electron chi connectivity index (χ1n) is 11.3. The molecule has 4 aliphatic carbocycles. The number of allylic oxidation sites excluding steroid dienone is 2. The van der Waals surface area contributed by atoms with Gasteiger partial charge in [-0.3, -0.25) is 9.59 Å². The second-order valence-electron chi connectivity index (χ2n) is 10.4. The van der Waals surface area contributed by atoms with Crippen LogP contribution in [0.25, 0.3) is 0 Å². The van der Waals surface area contributed by atoms with Crippen LogP contribution in [-0.2, 0) is 9.59 Å². The van der Waals surface area contributed by atoms with E-state index in [1.165, 1.54) is 19.3 Å². The molecule has 3 nitrogen and oxygen atoms in total. The van der Waals surface area contributed by atoms with Crippen molar-refractivity contribution in [1.82, 2.24) is 0 Å². The Hall–Kier alpha value is -0.960. The summed E-state index contributed by atoms with van der Waals surface area (Å²) < 4.78 is 0. The Morgan fingerprint density at radius 3 is 2.70 bits per heavy atom. The number of unbranched alkanes of at least 4 members (excludes halogenated alkanes) is 1. The van der Waals surface area contributed by atoms with Gasteiger partial charge in [-0.2, -0.15) is 0 Å². The minimum Gasteiger partial charge on any atom is -0.330 e. The van der Waals surface area contributed by atoms with Gasteiger partial charge in [-0.05, 0) is 74.2 Å². The summed E-state index contributed by atoms with van der Waals surface area (Å²) in [7, 11) is 0. The fourth-order valence-corrected chi connectivity index (χ4v) is 7.74. The molecule has 2 N–H and O–H groups in total. The van der Waals surface area contributed by atoms with E-state index in [0.29, 0.717) is 48.2 Å². The highest BCUT2D eigenvalue weighted by Crippen LogP contribution is 2.66. The summed E-state index contributed by atoms with van der Waals surface area (Å²) in [6, 6.07) is 0. The average Bonchev–Trinajstić information content (AvgIpc) is 2.89. The van der Waals surface area contributed by atoms with Crippen molar-refractivity contribution in [3.05, 3.63) is 12.2 Å². The third-order valence-corrected chi connectivity index (χ3v) is 9.09. The number of ketones is 2. The maximum atomic E-state index is 13.2. The lowest BCUT2D eigenvalue weighted by Gasteiger charge is -2.59. The van der Waals surface area contributed by atoms with Crippen molar-refractivity contribution in [1.29, 1.82) is 0 Å². The highest BCUT2D eigenvalue weighted by molar-refractivity contribution is 5.89. The van der Waals surface area contributed by atoms with E-state index in [9.17, 15) is 9.59 Å². The van der Waals surface area contributed by atoms with Gasteiger partial charge in [0.25, 0.3) is 0 Å². The zero-order valence-corrected chi connectivity index (χ0v) is 17.2. The molecule has 1 unspecified atom stereocenters. The number of Topliss-reactive ketones (excluding diaryl/α,β-unsaturated/α-hetero) is 2. The zero-order valence-electron chi connectivity index (χ0n) is 17.2. The highest BCUT2D eigenvalue weighted by atomic mass is 16.1. The molecule has 4 saturated carbocycles. The molecular formula is C24H37NO2. The van der Waals surface area contributed by atoms with Crippen LogP contribution in [0.2, 0.25) is 0 Å². The Morgan fingerprint density at radius 1 is 1.11 bits per heavy atom. The zero-order chi connectivity index (χ0) is 19.2.